The second-order valence-corrected chi connectivity index (χ2v) is 4.89. The zero-order chi connectivity index (χ0) is 15.9. The predicted octanol–water partition coefficient (Wildman–Crippen LogP) is 1.05. The van der Waals surface area contributed by atoms with E-state index in [0.29, 0.717) is 12.1 Å². The normalized spacial score (nSPS) is 17.3. The highest BCUT2D eigenvalue weighted by molar-refractivity contribution is 6.07. The SMILES string of the molecule is COc1ccc(/C=N/NC(=O)CCC2C(=O)NN=C2C)cc1. The summed E-state index contributed by atoms with van der Waals surface area (Å²) in [7, 11) is 1.60. The lowest BCUT2D eigenvalue weighted by Crippen LogP contribution is -2.25. The molecule has 22 heavy (non-hydrogen) atoms. The first-order valence-electron chi connectivity index (χ1n) is 6.90. The largest absolute Gasteiger partial charge is 0.497 e. The molecule has 7 nitrogen and oxygen atoms in total. The molecule has 1 heterocycles. The lowest BCUT2D eigenvalue weighted by atomic mass is 9.99. The van der Waals surface area contributed by atoms with Gasteiger partial charge in [-0.3, -0.25) is 9.59 Å². The van der Waals surface area contributed by atoms with Gasteiger partial charge in [0.1, 0.15) is 5.75 Å². The number of nitrogens with zero attached hydrogens (tertiary/aromatic N) is 2. The summed E-state index contributed by atoms with van der Waals surface area (Å²) in [6.45, 7) is 1.77. The molecule has 0 radical (unpaired) electrons. The highest BCUT2D eigenvalue weighted by Gasteiger charge is 2.26. The van der Waals surface area contributed by atoms with Gasteiger partial charge in [0.05, 0.1) is 19.2 Å². The van der Waals surface area contributed by atoms with Crippen LogP contribution in [0.15, 0.2) is 34.5 Å². The van der Waals surface area contributed by atoms with Crippen LogP contribution in [0.3, 0.4) is 0 Å². The highest BCUT2D eigenvalue weighted by Crippen LogP contribution is 2.13. The van der Waals surface area contributed by atoms with E-state index in [1.807, 2.05) is 24.3 Å². The number of hydrogen-bond donors (Lipinski definition) is 2. The van der Waals surface area contributed by atoms with Crippen LogP contribution in [0, 0.1) is 5.92 Å². The van der Waals surface area contributed by atoms with Crippen molar-refractivity contribution in [3.05, 3.63) is 29.8 Å². The fraction of sp³-hybridized carbons (Fsp3) is 0.333. The second-order valence-electron chi connectivity index (χ2n) is 4.89. The number of benzene rings is 1. The van der Waals surface area contributed by atoms with Crippen LogP contribution < -0.4 is 15.6 Å². The number of hydrazone groups is 2. The van der Waals surface area contributed by atoms with Crippen molar-refractivity contribution in [2.75, 3.05) is 7.11 Å². The smallest absolute Gasteiger partial charge is 0.248 e. The van der Waals surface area contributed by atoms with E-state index in [4.69, 9.17) is 4.74 Å². The first-order valence-corrected chi connectivity index (χ1v) is 6.90. The van der Waals surface area contributed by atoms with Gasteiger partial charge in [0.2, 0.25) is 11.8 Å². The van der Waals surface area contributed by atoms with Crippen LogP contribution in [0.25, 0.3) is 0 Å². The maximum Gasteiger partial charge on any atom is 0.248 e. The number of hydrogen-bond acceptors (Lipinski definition) is 5. The highest BCUT2D eigenvalue weighted by atomic mass is 16.5. The Bertz CT molecular complexity index is 608. The van der Waals surface area contributed by atoms with Crippen LogP contribution in [0.5, 0.6) is 5.75 Å². The van der Waals surface area contributed by atoms with Gasteiger partial charge < -0.3 is 4.74 Å². The van der Waals surface area contributed by atoms with E-state index in [1.54, 1.807) is 20.2 Å². The fourth-order valence-electron chi connectivity index (χ4n) is 2.03. The second kappa shape index (κ2) is 7.35. The molecule has 1 aromatic rings. The molecule has 7 heteroatoms. The molecule has 1 aromatic carbocycles. The maximum absolute atomic E-state index is 11.7. The van der Waals surface area contributed by atoms with Gasteiger partial charge >= 0.3 is 0 Å². The van der Waals surface area contributed by atoms with Crippen molar-refractivity contribution in [1.82, 2.24) is 10.9 Å². The van der Waals surface area contributed by atoms with Crippen molar-refractivity contribution in [2.45, 2.75) is 19.8 Å². The Morgan fingerprint density at radius 2 is 2.18 bits per heavy atom. The molecule has 1 aliphatic heterocycles. The monoisotopic (exact) mass is 302 g/mol. The third-order valence-corrected chi connectivity index (χ3v) is 3.34. The number of amides is 2. The molecular formula is C15H18N4O3. The van der Waals surface area contributed by atoms with E-state index in [0.717, 1.165) is 11.3 Å². The molecule has 1 atom stereocenters. The molecule has 2 rings (SSSR count). The Hall–Kier alpha value is -2.70. The van der Waals surface area contributed by atoms with Gasteiger partial charge in [-0.15, -0.1) is 0 Å². The van der Waals surface area contributed by atoms with Crippen molar-refractivity contribution >= 4 is 23.7 Å². The van der Waals surface area contributed by atoms with Gasteiger partial charge in [0, 0.05) is 12.1 Å². The Labute approximate surface area is 128 Å². The molecule has 2 N–H and O–H groups in total. The minimum Gasteiger partial charge on any atom is -0.497 e. The summed E-state index contributed by atoms with van der Waals surface area (Å²) in [5.74, 6) is 0.0358. The van der Waals surface area contributed by atoms with Gasteiger partial charge in [0.15, 0.2) is 0 Å². The minimum atomic E-state index is -0.323. The molecule has 1 unspecified atom stereocenters. The third kappa shape index (κ3) is 4.15. The summed E-state index contributed by atoms with van der Waals surface area (Å²) in [4.78, 5) is 23.1. The molecule has 0 aliphatic carbocycles. The van der Waals surface area contributed by atoms with E-state index in [1.165, 1.54) is 0 Å². The standard InChI is InChI=1S/C15H18N4O3/c1-10-13(15(21)19-17-10)7-8-14(20)18-16-9-11-3-5-12(22-2)6-4-11/h3-6,9,13H,7-8H2,1-2H3,(H,18,20)(H,19,21)/b16-9+. The number of ether oxygens (including phenoxy) is 1. The molecule has 0 saturated heterocycles. The van der Waals surface area contributed by atoms with Crippen molar-refractivity contribution in [2.24, 2.45) is 16.1 Å². The Kier molecular flexibility index (Phi) is 5.24. The van der Waals surface area contributed by atoms with E-state index in [2.05, 4.69) is 21.1 Å². The molecular weight excluding hydrogens is 284 g/mol. The number of nitrogens with one attached hydrogen (secondary N) is 2. The molecule has 116 valence electrons. The molecule has 1 aliphatic rings. The average molecular weight is 302 g/mol. The number of carbonyl (C=O) groups is 2. The van der Waals surface area contributed by atoms with Crippen LogP contribution >= 0.6 is 0 Å². The fourth-order valence-corrected chi connectivity index (χ4v) is 2.03. The third-order valence-electron chi connectivity index (χ3n) is 3.34. The van der Waals surface area contributed by atoms with E-state index in [-0.39, 0.29) is 24.2 Å². The average Bonchev–Trinajstić information content (AvgIpc) is 2.84. The quantitative estimate of drug-likeness (QED) is 0.607. The molecule has 0 bridgehead atoms. The van der Waals surface area contributed by atoms with Gasteiger partial charge in [-0.2, -0.15) is 10.2 Å². The van der Waals surface area contributed by atoms with E-state index < -0.39 is 0 Å². The summed E-state index contributed by atoms with van der Waals surface area (Å²) in [5.41, 5.74) is 6.39. The molecule has 0 spiro atoms. The van der Waals surface area contributed by atoms with Gasteiger partial charge in [-0.25, -0.2) is 10.9 Å². The number of carbonyl (C=O) groups excluding carboxylic acids is 2. The van der Waals surface area contributed by atoms with Crippen LogP contribution in [0.1, 0.15) is 25.3 Å². The van der Waals surface area contributed by atoms with E-state index in [9.17, 15) is 9.59 Å². The number of methoxy groups -OCH3 is 1. The summed E-state index contributed by atoms with van der Waals surface area (Å²) in [6, 6.07) is 7.28. The Morgan fingerprint density at radius 3 is 2.77 bits per heavy atom. The zero-order valence-corrected chi connectivity index (χ0v) is 12.5. The first kappa shape index (κ1) is 15.7. The van der Waals surface area contributed by atoms with Crippen molar-refractivity contribution in [3.63, 3.8) is 0 Å². The summed E-state index contributed by atoms with van der Waals surface area (Å²) >= 11 is 0. The van der Waals surface area contributed by atoms with Crippen LogP contribution in [-0.2, 0) is 9.59 Å². The van der Waals surface area contributed by atoms with Crippen molar-refractivity contribution in [1.29, 1.82) is 0 Å². The van der Waals surface area contributed by atoms with Crippen molar-refractivity contribution in [3.8, 4) is 5.75 Å². The lowest BCUT2D eigenvalue weighted by Gasteiger charge is -2.06. The van der Waals surface area contributed by atoms with Gasteiger partial charge in [-0.1, -0.05) is 0 Å². The van der Waals surface area contributed by atoms with Crippen molar-refractivity contribution < 1.29 is 14.3 Å². The molecule has 0 fully saturated rings. The van der Waals surface area contributed by atoms with Gasteiger partial charge in [-0.05, 0) is 43.2 Å². The number of rotatable bonds is 6. The summed E-state index contributed by atoms with van der Waals surface area (Å²) in [6.07, 6.45) is 2.18. The Balaban J connectivity index is 1.76. The van der Waals surface area contributed by atoms with Crippen LogP contribution in [0.4, 0.5) is 0 Å². The van der Waals surface area contributed by atoms with E-state index >= 15 is 0 Å². The minimum absolute atomic E-state index is 0.160. The maximum atomic E-state index is 11.7. The Morgan fingerprint density at radius 1 is 1.45 bits per heavy atom. The topological polar surface area (TPSA) is 92.1 Å². The molecule has 0 saturated carbocycles. The lowest BCUT2D eigenvalue weighted by molar-refractivity contribution is -0.123. The summed E-state index contributed by atoms with van der Waals surface area (Å²) < 4.78 is 5.05. The van der Waals surface area contributed by atoms with Crippen LogP contribution in [0.2, 0.25) is 0 Å². The zero-order valence-electron chi connectivity index (χ0n) is 12.5. The van der Waals surface area contributed by atoms with Crippen LogP contribution in [-0.4, -0.2) is 30.9 Å². The molecule has 2 amide bonds. The first-order chi connectivity index (χ1) is 10.6. The predicted molar refractivity (Wildman–Crippen MR) is 82.7 cm³/mol. The molecule has 0 aromatic heterocycles. The van der Waals surface area contributed by atoms with Gasteiger partial charge in [0.25, 0.3) is 0 Å². The summed E-state index contributed by atoms with van der Waals surface area (Å²) in [5, 5.41) is 7.72.